The molecule has 0 radical (unpaired) electrons. The topological polar surface area (TPSA) is 136 Å². The largest absolute Gasteiger partial charge is 0.493 e. The number of methoxy groups -OCH3 is 1. The van der Waals surface area contributed by atoms with Crippen molar-refractivity contribution in [3.8, 4) is 11.4 Å². The molecule has 1 aliphatic heterocycles. The number of rotatable bonds is 8. The van der Waals surface area contributed by atoms with E-state index in [4.69, 9.17) is 9.47 Å². The Labute approximate surface area is 229 Å². The highest BCUT2D eigenvalue weighted by atomic mass is 19.1. The first kappa shape index (κ1) is 26.7. The number of halogens is 1. The van der Waals surface area contributed by atoms with Crippen molar-refractivity contribution in [2.24, 2.45) is 0 Å². The number of ether oxygens (including phenoxy) is 2. The number of morpholine rings is 1. The first-order chi connectivity index (χ1) is 19.4. The molecule has 0 aliphatic carbocycles. The van der Waals surface area contributed by atoms with Crippen LogP contribution in [0.2, 0.25) is 0 Å². The number of pyridine rings is 2. The summed E-state index contributed by atoms with van der Waals surface area (Å²) in [7, 11) is 1.31. The fraction of sp³-hybridized carbons (Fsp3) is 0.259. The molecule has 1 fully saturated rings. The Kier molecular flexibility index (Phi) is 7.92. The minimum atomic E-state index is -0.642. The molecule has 2 amide bonds. The summed E-state index contributed by atoms with van der Waals surface area (Å²) in [4.78, 5) is 36.2. The molecule has 1 saturated heterocycles. The van der Waals surface area contributed by atoms with Crippen LogP contribution in [0, 0.1) is 12.7 Å². The van der Waals surface area contributed by atoms with Gasteiger partial charge in [0.25, 0.3) is 11.8 Å². The Bertz CT molecular complexity index is 1520. The lowest BCUT2D eigenvalue weighted by atomic mass is 10.1. The summed E-state index contributed by atoms with van der Waals surface area (Å²) in [5.74, 6) is -1.78. The average molecular weight is 547 g/mol. The van der Waals surface area contributed by atoms with Crippen molar-refractivity contribution in [3.05, 3.63) is 83.5 Å². The van der Waals surface area contributed by atoms with Gasteiger partial charge in [0.1, 0.15) is 0 Å². The Hall–Kier alpha value is -4.91. The number of amides is 2. The van der Waals surface area contributed by atoms with E-state index in [1.165, 1.54) is 30.3 Å². The Morgan fingerprint density at radius 2 is 1.98 bits per heavy atom. The van der Waals surface area contributed by atoms with E-state index in [1.807, 2.05) is 11.0 Å². The van der Waals surface area contributed by atoms with E-state index in [0.29, 0.717) is 55.6 Å². The highest BCUT2D eigenvalue weighted by Crippen LogP contribution is 2.30. The molecule has 12 nitrogen and oxygen atoms in total. The summed E-state index contributed by atoms with van der Waals surface area (Å²) in [5.41, 5.74) is 2.98. The third kappa shape index (κ3) is 5.89. The first-order valence-electron chi connectivity index (χ1n) is 12.5. The normalized spacial score (nSPS) is 13.1. The maximum absolute atomic E-state index is 14.9. The quantitative estimate of drug-likeness (QED) is 0.342. The van der Waals surface area contributed by atoms with E-state index in [-0.39, 0.29) is 17.0 Å². The monoisotopic (exact) mass is 546 g/mol. The molecule has 5 rings (SSSR count). The zero-order valence-corrected chi connectivity index (χ0v) is 21.9. The standard InChI is InChI=1S/C27H27FN8O4/c1-17-24(36-16-23(33-34-36)27(38)31-14-18-4-3-5-29-13-18)10-19(15-30-17)32-26(37)21-11-20(12-22(28)25(21)39-2)35-6-8-40-9-7-35/h3-5,10-13,15-16H,6-9,14H2,1-2H3,(H,31,38)(H,32,37). The number of carbonyl (C=O) groups is 2. The molecule has 0 spiro atoms. The number of carbonyl (C=O) groups excluding carboxylic acids is 2. The molecule has 0 atom stereocenters. The smallest absolute Gasteiger partial charge is 0.273 e. The number of aromatic nitrogens is 5. The molecule has 0 unspecified atom stereocenters. The van der Waals surface area contributed by atoms with Crippen LogP contribution in [0.3, 0.4) is 0 Å². The van der Waals surface area contributed by atoms with Gasteiger partial charge in [0.2, 0.25) is 0 Å². The summed E-state index contributed by atoms with van der Waals surface area (Å²) in [6.45, 7) is 4.25. The zero-order chi connectivity index (χ0) is 28.1. The number of nitrogens with zero attached hydrogens (tertiary/aromatic N) is 6. The summed E-state index contributed by atoms with van der Waals surface area (Å²) < 4.78 is 26.9. The van der Waals surface area contributed by atoms with Gasteiger partial charge in [0.05, 0.1) is 55.3 Å². The van der Waals surface area contributed by atoms with E-state index in [1.54, 1.807) is 37.5 Å². The van der Waals surface area contributed by atoms with Crippen LogP contribution in [-0.2, 0) is 11.3 Å². The molecule has 206 valence electrons. The van der Waals surface area contributed by atoms with Gasteiger partial charge in [-0.05, 0) is 30.7 Å². The fourth-order valence-electron chi connectivity index (χ4n) is 4.24. The van der Waals surface area contributed by atoms with E-state index in [2.05, 4.69) is 30.9 Å². The van der Waals surface area contributed by atoms with E-state index in [0.717, 1.165) is 5.56 Å². The van der Waals surface area contributed by atoms with E-state index >= 15 is 0 Å². The van der Waals surface area contributed by atoms with Gasteiger partial charge in [0, 0.05) is 43.8 Å². The predicted molar refractivity (Wildman–Crippen MR) is 143 cm³/mol. The van der Waals surface area contributed by atoms with Gasteiger partial charge >= 0.3 is 0 Å². The summed E-state index contributed by atoms with van der Waals surface area (Å²) >= 11 is 0. The lowest BCUT2D eigenvalue weighted by Crippen LogP contribution is -2.36. The second-order valence-electron chi connectivity index (χ2n) is 8.98. The van der Waals surface area contributed by atoms with Crippen LogP contribution in [0.4, 0.5) is 15.8 Å². The van der Waals surface area contributed by atoms with Crippen LogP contribution in [0.5, 0.6) is 5.75 Å². The number of benzene rings is 1. The molecular weight excluding hydrogens is 519 g/mol. The van der Waals surface area contributed by atoms with Gasteiger partial charge in [0.15, 0.2) is 17.3 Å². The summed E-state index contributed by atoms with van der Waals surface area (Å²) in [5, 5.41) is 13.6. The third-order valence-electron chi connectivity index (χ3n) is 6.32. The lowest BCUT2D eigenvalue weighted by molar-refractivity contribution is 0.0945. The highest BCUT2D eigenvalue weighted by molar-refractivity contribution is 6.07. The average Bonchev–Trinajstić information content (AvgIpc) is 3.48. The maximum Gasteiger partial charge on any atom is 0.273 e. The second-order valence-corrected chi connectivity index (χ2v) is 8.98. The molecule has 1 aromatic carbocycles. The molecule has 4 heterocycles. The van der Waals surface area contributed by atoms with Crippen molar-refractivity contribution in [1.82, 2.24) is 30.3 Å². The molecule has 13 heteroatoms. The molecule has 40 heavy (non-hydrogen) atoms. The fourth-order valence-corrected chi connectivity index (χ4v) is 4.24. The first-order valence-corrected chi connectivity index (χ1v) is 12.5. The second kappa shape index (κ2) is 11.9. The van der Waals surface area contributed by atoms with Crippen LogP contribution in [-0.4, -0.2) is 70.2 Å². The maximum atomic E-state index is 14.9. The SMILES string of the molecule is COc1c(F)cc(N2CCOCC2)cc1C(=O)Nc1cnc(C)c(-n2cc(C(=O)NCc3cccnc3)nn2)c1. The summed E-state index contributed by atoms with van der Waals surface area (Å²) in [6.07, 6.45) is 6.26. The van der Waals surface area contributed by atoms with Gasteiger partial charge in [-0.25, -0.2) is 9.07 Å². The van der Waals surface area contributed by atoms with Gasteiger partial charge in [-0.15, -0.1) is 5.10 Å². The molecule has 4 aromatic rings. The van der Waals surface area contributed by atoms with Crippen LogP contribution >= 0.6 is 0 Å². The van der Waals surface area contributed by atoms with Crippen LogP contribution in [0.15, 0.2) is 55.1 Å². The summed E-state index contributed by atoms with van der Waals surface area (Å²) in [6, 6.07) is 8.22. The minimum Gasteiger partial charge on any atom is -0.493 e. The van der Waals surface area contributed by atoms with Gasteiger partial charge in [-0.2, -0.15) is 0 Å². The van der Waals surface area contributed by atoms with Crippen LogP contribution < -0.4 is 20.3 Å². The Morgan fingerprint density at radius 3 is 2.73 bits per heavy atom. The number of hydrogen-bond acceptors (Lipinski definition) is 9. The van der Waals surface area contributed by atoms with E-state index < -0.39 is 17.6 Å². The molecule has 0 saturated carbocycles. The molecular formula is C27H27FN8O4. The van der Waals surface area contributed by atoms with Crippen molar-refractivity contribution in [2.45, 2.75) is 13.5 Å². The zero-order valence-electron chi connectivity index (χ0n) is 21.9. The highest BCUT2D eigenvalue weighted by Gasteiger charge is 2.22. The number of nitrogens with one attached hydrogen (secondary N) is 2. The van der Waals surface area contributed by atoms with Crippen molar-refractivity contribution < 1.29 is 23.5 Å². The Balaban J connectivity index is 1.34. The molecule has 1 aliphatic rings. The van der Waals surface area contributed by atoms with Crippen molar-refractivity contribution in [1.29, 1.82) is 0 Å². The van der Waals surface area contributed by atoms with E-state index in [9.17, 15) is 14.0 Å². The van der Waals surface area contributed by atoms with Gasteiger partial charge in [-0.1, -0.05) is 11.3 Å². The number of anilines is 2. The number of hydrogen-bond donors (Lipinski definition) is 2. The number of aryl methyl sites for hydroxylation is 1. The van der Waals surface area contributed by atoms with Crippen molar-refractivity contribution in [3.63, 3.8) is 0 Å². The Morgan fingerprint density at radius 1 is 1.15 bits per heavy atom. The van der Waals surface area contributed by atoms with Crippen molar-refractivity contribution in [2.75, 3.05) is 43.6 Å². The van der Waals surface area contributed by atoms with Crippen LogP contribution in [0.25, 0.3) is 5.69 Å². The van der Waals surface area contributed by atoms with Crippen LogP contribution in [0.1, 0.15) is 32.1 Å². The minimum absolute atomic E-state index is 0.0412. The molecule has 0 bridgehead atoms. The third-order valence-corrected chi connectivity index (χ3v) is 6.32. The predicted octanol–water partition coefficient (Wildman–Crippen LogP) is 2.53. The molecule has 2 N–H and O–H groups in total. The lowest BCUT2D eigenvalue weighted by Gasteiger charge is -2.29. The van der Waals surface area contributed by atoms with Crippen molar-refractivity contribution >= 4 is 23.2 Å². The van der Waals surface area contributed by atoms with Gasteiger partial charge < -0.3 is 25.0 Å². The van der Waals surface area contributed by atoms with Gasteiger partial charge in [-0.3, -0.25) is 19.6 Å². The molecule has 3 aromatic heterocycles.